The number of aromatic nitrogens is 2. The molecule has 0 amide bonds. The van der Waals surface area contributed by atoms with Gasteiger partial charge in [-0.3, -0.25) is 4.98 Å². The summed E-state index contributed by atoms with van der Waals surface area (Å²) in [6, 6.07) is 9.06. The van der Waals surface area contributed by atoms with Crippen LogP contribution in [-0.4, -0.2) is 34.6 Å². The minimum absolute atomic E-state index is 0.955. The number of fused-ring (bicyclic) bond motifs is 3. The minimum atomic E-state index is 0.955. The zero-order chi connectivity index (χ0) is 17.8. The third-order valence-corrected chi connectivity index (χ3v) is 5.97. The quantitative estimate of drug-likeness (QED) is 0.659. The summed E-state index contributed by atoms with van der Waals surface area (Å²) in [5.41, 5.74) is 11.0. The van der Waals surface area contributed by atoms with E-state index in [2.05, 4.69) is 58.8 Å². The summed E-state index contributed by atoms with van der Waals surface area (Å²) in [4.78, 5) is 6.98. The number of likely N-dealkylation sites (N-methyl/N-ethyl adjacent to an activating group) is 1. The SMILES string of the molecule is Cc1cc2c3c(c1)c1c(n3CC(c3ccc(C)nc3)=C2)CCN(C)CC1. The van der Waals surface area contributed by atoms with Crippen LogP contribution in [0.5, 0.6) is 0 Å². The summed E-state index contributed by atoms with van der Waals surface area (Å²) >= 11 is 0. The Morgan fingerprint density at radius 1 is 1.04 bits per heavy atom. The summed E-state index contributed by atoms with van der Waals surface area (Å²) in [5.74, 6) is 0. The van der Waals surface area contributed by atoms with Crippen LogP contribution in [0.4, 0.5) is 0 Å². The van der Waals surface area contributed by atoms with E-state index in [9.17, 15) is 0 Å². The lowest BCUT2D eigenvalue weighted by atomic mass is 9.97. The topological polar surface area (TPSA) is 21.1 Å². The van der Waals surface area contributed by atoms with Gasteiger partial charge in [-0.05, 0) is 79.4 Å². The predicted octanol–water partition coefficient (Wildman–Crippen LogP) is 4.24. The van der Waals surface area contributed by atoms with Crippen molar-refractivity contribution in [2.24, 2.45) is 0 Å². The van der Waals surface area contributed by atoms with Crippen LogP contribution < -0.4 is 0 Å². The van der Waals surface area contributed by atoms with E-state index in [-0.39, 0.29) is 0 Å². The molecule has 26 heavy (non-hydrogen) atoms. The Morgan fingerprint density at radius 2 is 1.88 bits per heavy atom. The van der Waals surface area contributed by atoms with E-state index in [1.54, 1.807) is 11.3 Å². The fourth-order valence-electron chi connectivity index (χ4n) is 4.59. The molecule has 1 aromatic carbocycles. The number of allylic oxidation sites excluding steroid dienone is 1. The van der Waals surface area contributed by atoms with Gasteiger partial charge in [-0.2, -0.15) is 0 Å². The lowest BCUT2D eigenvalue weighted by molar-refractivity contribution is 0.351. The van der Waals surface area contributed by atoms with Gasteiger partial charge >= 0.3 is 0 Å². The molecular formula is C23H25N3. The van der Waals surface area contributed by atoms with Crippen molar-refractivity contribution in [1.82, 2.24) is 14.5 Å². The molecule has 3 heteroatoms. The van der Waals surface area contributed by atoms with E-state index in [0.29, 0.717) is 0 Å². The summed E-state index contributed by atoms with van der Waals surface area (Å²) in [6.07, 6.45) is 6.69. The highest BCUT2D eigenvalue weighted by Crippen LogP contribution is 2.38. The monoisotopic (exact) mass is 343 g/mol. The Balaban J connectivity index is 1.72. The van der Waals surface area contributed by atoms with Gasteiger partial charge in [-0.15, -0.1) is 0 Å². The molecule has 0 aliphatic carbocycles. The van der Waals surface area contributed by atoms with Gasteiger partial charge < -0.3 is 9.47 Å². The highest BCUT2D eigenvalue weighted by molar-refractivity contribution is 5.99. The number of benzene rings is 1. The van der Waals surface area contributed by atoms with Crippen molar-refractivity contribution in [3.8, 4) is 0 Å². The minimum Gasteiger partial charge on any atom is -0.339 e. The molecule has 3 aromatic rings. The fourth-order valence-corrected chi connectivity index (χ4v) is 4.59. The Labute approximate surface area is 155 Å². The zero-order valence-corrected chi connectivity index (χ0v) is 15.8. The van der Waals surface area contributed by atoms with Gasteiger partial charge in [0, 0.05) is 49.0 Å². The third-order valence-electron chi connectivity index (χ3n) is 5.97. The standard InChI is InChI=1S/C23H25N3/c1-15-10-18-12-19(17-5-4-16(2)24-13-17)14-26-22-7-9-25(3)8-6-20(22)21(11-15)23(18)26/h4-5,10-13H,6-9,14H2,1-3H3. The molecule has 0 saturated heterocycles. The molecule has 2 aliphatic heterocycles. The van der Waals surface area contributed by atoms with E-state index in [4.69, 9.17) is 0 Å². The van der Waals surface area contributed by atoms with Crippen LogP contribution in [-0.2, 0) is 19.4 Å². The molecule has 0 N–H and O–H groups in total. The number of hydrogen-bond acceptors (Lipinski definition) is 2. The van der Waals surface area contributed by atoms with Crippen LogP contribution in [0, 0.1) is 13.8 Å². The molecule has 4 heterocycles. The normalized spacial score (nSPS) is 17.1. The third kappa shape index (κ3) is 2.42. The predicted molar refractivity (Wildman–Crippen MR) is 108 cm³/mol. The van der Waals surface area contributed by atoms with Gasteiger partial charge in [0.15, 0.2) is 0 Å². The van der Waals surface area contributed by atoms with Crippen LogP contribution in [0.25, 0.3) is 22.6 Å². The maximum atomic E-state index is 4.52. The van der Waals surface area contributed by atoms with Crippen molar-refractivity contribution < 1.29 is 0 Å². The molecule has 0 saturated carbocycles. The molecule has 3 nitrogen and oxygen atoms in total. The summed E-state index contributed by atoms with van der Waals surface area (Å²) < 4.78 is 2.59. The maximum Gasteiger partial charge on any atom is 0.0562 e. The molecule has 2 aromatic heterocycles. The first-order valence-corrected chi connectivity index (χ1v) is 9.57. The second kappa shape index (κ2) is 5.82. The first-order valence-electron chi connectivity index (χ1n) is 9.57. The molecule has 0 atom stereocenters. The first kappa shape index (κ1) is 15.8. The highest BCUT2D eigenvalue weighted by Gasteiger charge is 2.25. The van der Waals surface area contributed by atoms with E-state index in [1.165, 1.54) is 33.2 Å². The smallest absolute Gasteiger partial charge is 0.0562 e. The molecule has 0 fully saturated rings. The molecule has 0 unspecified atom stereocenters. The lowest BCUT2D eigenvalue weighted by Crippen LogP contribution is -2.21. The van der Waals surface area contributed by atoms with E-state index in [0.717, 1.165) is 38.2 Å². The van der Waals surface area contributed by atoms with E-state index < -0.39 is 0 Å². The van der Waals surface area contributed by atoms with E-state index >= 15 is 0 Å². The molecule has 0 radical (unpaired) electrons. The van der Waals surface area contributed by atoms with Gasteiger partial charge in [-0.1, -0.05) is 6.07 Å². The summed E-state index contributed by atoms with van der Waals surface area (Å²) in [5, 5.41) is 1.47. The number of pyridine rings is 1. The largest absolute Gasteiger partial charge is 0.339 e. The maximum absolute atomic E-state index is 4.52. The molecule has 0 spiro atoms. The number of nitrogens with zero attached hydrogens (tertiary/aromatic N) is 3. The number of aryl methyl sites for hydroxylation is 2. The fraction of sp³-hybridized carbons (Fsp3) is 0.348. The zero-order valence-electron chi connectivity index (χ0n) is 15.8. The molecule has 132 valence electrons. The van der Waals surface area contributed by atoms with Gasteiger partial charge in [0.1, 0.15) is 0 Å². The molecular weight excluding hydrogens is 318 g/mol. The molecule has 2 aliphatic rings. The second-order valence-corrected chi connectivity index (χ2v) is 7.92. The average Bonchev–Trinajstić information content (AvgIpc) is 2.78. The second-order valence-electron chi connectivity index (χ2n) is 7.92. The van der Waals surface area contributed by atoms with Gasteiger partial charge in [0.05, 0.1) is 5.52 Å². The first-order chi connectivity index (χ1) is 12.6. The van der Waals surface area contributed by atoms with Crippen molar-refractivity contribution >= 4 is 22.6 Å². The molecule has 5 rings (SSSR count). The number of hydrogen-bond donors (Lipinski definition) is 0. The Kier molecular flexibility index (Phi) is 3.54. The van der Waals surface area contributed by atoms with Crippen LogP contribution >= 0.6 is 0 Å². The Hall–Kier alpha value is -2.39. The van der Waals surface area contributed by atoms with Gasteiger partial charge in [0.25, 0.3) is 0 Å². The van der Waals surface area contributed by atoms with E-state index in [1.807, 2.05) is 13.1 Å². The van der Waals surface area contributed by atoms with Crippen molar-refractivity contribution in [2.45, 2.75) is 33.2 Å². The van der Waals surface area contributed by atoms with Crippen molar-refractivity contribution in [3.05, 3.63) is 64.1 Å². The van der Waals surface area contributed by atoms with Crippen molar-refractivity contribution in [3.63, 3.8) is 0 Å². The van der Waals surface area contributed by atoms with Crippen molar-refractivity contribution in [2.75, 3.05) is 20.1 Å². The van der Waals surface area contributed by atoms with Crippen LogP contribution in [0.3, 0.4) is 0 Å². The van der Waals surface area contributed by atoms with Gasteiger partial charge in [0.2, 0.25) is 0 Å². The molecule has 0 bridgehead atoms. The Morgan fingerprint density at radius 3 is 2.69 bits per heavy atom. The van der Waals surface area contributed by atoms with Crippen LogP contribution in [0.2, 0.25) is 0 Å². The average molecular weight is 343 g/mol. The Bertz CT molecular complexity index is 1040. The summed E-state index contributed by atoms with van der Waals surface area (Å²) in [6.45, 7) is 7.51. The van der Waals surface area contributed by atoms with Crippen molar-refractivity contribution in [1.29, 1.82) is 0 Å². The van der Waals surface area contributed by atoms with Crippen LogP contribution in [0.1, 0.15) is 33.6 Å². The number of rotatable bonds is 1. The highest BCUT2D eigenvalue weighted by atomic mass is 15.1. The van der Waals surface area contributed by atoms with Crippen LogP contribution in [0.15, 0.2) is 30.5 Å². The van der Waals surface area contributed by atoms with Gasteiger partial charge in [-0.25, -0.2) is 0 Å². The lowest BCUT2D eigenvalue weighted by Gasteiger charge is -2.21. The summed E-state index contributed by atoms with van der Waals surface area (Å²) in [7, 11) is 2.24.